The van der Waals surface area contributed by atoms with Gasteiger partial charge < -0.3 is 15.7 Å². The van der Waals surface area contributed by atoms with Crippen LogP contribution < -0.4 is 10.6 Å². The Bertz CT molecular complexity index is 673. The molecule has 2 aromatic rings. The number of aryl methyl sites for hydroxylation is 2. The fraction of sp³-hybridized carbons (Fsp3) is 0.235. The molecule has 0 aliphatic carbocycles. The zero-order chi connectivity index (χ0) is 16.1. The molecular weight excluding hydrogens is 283 g/mol. The summed E-state index contributed by atoms with van der Waals surface area (Å²) >= 11 is 0. The molecule has 0 aromatic heterocycles. The van der Waals surface area contributed by atoms with Gasteiger partial charge in [0.1, 0.15) is 5.82 Å². The van der Waals surface area contributed by atoms with Crippen molar-refractivity contribution in [1.82, 2.24) is 5.32 Å². The van der Waals surface area contributed by atoms with Crippen LogP contribution in [-0.4, -0.2) is 17.7 Å². The van der Waals surface area contributed by atoms with Gasteiger partial charge in [-0.2, -0.15) is 0 Å². The number of anilines is 1. The van der Waals surface area contributed by atoms with Crippen LogP contribution in [0.25, 0.3) is 0 Å². The third-order valence-electron chi connectivity index (χ3n) is 3.44. The average molecular weight is 302 g/mol. The minimum atomic E-state index is -0.777. The molecule has 2 aromatic carbocycles. The fourth-order valence-electron chi connectivity index (χ4n) is 2.19. The molecule has 0 saturated heterocycles. The molecule has 0 saturated carbocycles. The first-order valence-corrected chi connectivity index (χ1v) is 7.02. The number of amides is 2. The largest absolute Gasteiger partial charge is 0.387 e. The smallest absolute Gasteiger partial charge is 0.319 e. The van der Waals surface area contributed by atoms with Crippen molar-refractivity contribution in [2.45, 2.75) is 20.0 Å². The maximum atomic E-state index is 13.0. The lowest BCUT2D eigenvalue weighted by Gasteiger charge is -2.15. The Kier molecular flexibility index (Phi) is 5.12. The molecule has 0 bridgehead atoms. The number of aliphatic hydroxyl groups excluding tert-OH is 1. The summed E-state index contributed by atoms with van der Waals surface area (Å²) in [6.45, 7) is 3.71. The Morgan fingerprint density at radius 2 is 1.91 bits per heavy atom. The van der Waals surface area contributed by atoms with Crippen LogP contribution >= 0.6 is 0 Å². The number of nitrogens with one attached hydrogen (secondary N) is 2. The van der Waals surface area contributed by atoms with E-state index in [1.165, 1.54) is 18.2 Å². The number of rotatable bonds is 4. The summed E-state index contributed by atoms with van der Waals surface area (Å²) in [4.78, 5) is 11.8. The van der Waals surface area contributed by atoms with Crippen molar-refractivity contribution in [2.75, 3.05) is 11.9 Å². The Morgan fingerprint density at radius 3 is 2.59 bits per heavy atom. The van der Waals surface area contributed by atoms with Gasteiger partial charge in [-0.3, -0.25) is 0 Å². The average Bonchev–Trinajstić information content (AvgIpc) is 2.48. The van der Waals surface area contributed by atoms with Crippen molar-refractivity contribution in [3.8, 4) is 0 Å². The highest BCUT2D eigenvalue weighted by Crippen LogP contribution is 2.17. The van der Waals surface area contributed by atoms with Crippen LogP contribution in [0.4, 0.5) is 14.9 Å². The van der Waals surface area contributed by atoms with E-state index in [4.69, 9.17) is 0 Å². The van der Waals surface area contributed by atoms with Gasteiger partial charge in [-0.05, 0) is 48.7 Å². The second kappa shape index (κ2) is 7.04. The first-order valence-electron chi connectivity index (χ1n) is 7.02. The third-order valence-corrected chi connectivity index (χ3v) is 3.44. The number of carbonyl (C=O) groups is 1. The highest BCUT2D eigenvalue weighted by molar-refractivity contribution is 5.90. The first kappa shape index (κ1) is 16.0. The molecule has 0 aliphatic heterocycles. The summed E-state index contributed by atoms with van der Waals surface area (Å²) in [5.74, 6) is -0.349. The van der Waals surface area contributed by atoms with Crippen molar-refractivity contribution in [2.24, 2.45) is 0 Å². The standard InChI is InChI=1S/C17H19FN2O2/c1-11-5-3-4-6-14(11)16(21)10-19-17(22)20-15-8-7-13(18)9-12(15)2/h3-9,16,21H,10H2,1-2H3,(H2,19,20,22). The molecule has 3 N–H and O–H groups in total. The van der Waals surface area contributed by atoms with Gasteiger partial charge in [0.15, 0.2) is 0 Å². The van der Waals surface area contributed by atoms with Crippen LogP contribution in [0.1, 0.15) is 22.8 Å². The maximum absolute atomic E-state index is 13.0. The first-order chi connectivity index (χ1) is 10.5. The number of hydrogen-bond acceptors (Lipinski definition) is 2. The van der Waals surface area contributed by atoms with E-state index in [1.807, 2.05) is 31.2 Å². The van der Waals surface area contributed by atoms with E-state index < -0.39 is 12.1 Å². The van der Waals surface area contributed by atoms with Crippen molar-refractivity contribution < 1.29 is 14.3 Å². The molecule has 0 heterocycles. The molecule has 0 spiro atoms. The summed E-state index contributed by atoms with van der Waals surface area (Å²) in [5, 5.41) is 15.4. The Hall–Kier alpha value is -2.40. The van der Waals surface area contributed by atoms with E-state index >= 15 is 0 Å². The minimum Gasteiger partial charge on any atom is -0.387 e. The highest BCUT2D eigenvalue weighted by atomic mass is 19.1. The number of benzene rings is 2. The second-order valence-electron chi connectivity index (χ2n) is 5.17. The predicted octanol–water partition coefficient (Wildman–Crippen LogP) is 3.30. The topological polar surface area (TPSA) is 61.4 Å². The van der Waals surface area contributed by atoms with Crippen molar-refractivity contribution in [3.05, 3.63) is 65.0 Å². The zero-order valence-corrected chi connectivity index (χ0v) is 12.6. The van der Waals surface area contributed by atoms with E-state index in [-0.39, 0.29) is 12.4 Å². The summed E-state index contributed by atoms with van der Waals surface area (Å²) in [5.41, 5.74) is 2.91. The van der Waals surface area contributed by atoms with Crippen LogP contribution in [-0.2, 0) is 0 Å². The molecule has 4 nitrogen and oxygen atoms in total. The third kappa shape index (κ3) is 4.05. The summed E-state index contributed by atoms with van der Waals surface area (Å²) in [6, 6.07) is 11.1. The molecule has 2 rings (SSSR count). The van der Waals surface area contributed by atoms with Crippen molar-refractivity contribution in [1.29, 1.82) is 0 Å². The molecule has 1 atom stereocenters. The van der Waals surface area contributed by atoms with Gasteiger partial charge in [-0.1, -0.05) is 24.3 Å². The Labute approximate surface area is 129 Å². The number of carbonyl (C=O) groups excluding carboxylic acids is 1. The van der Waals surface area contributed by atoms with Gasteiger partial charge >= 0.3 is 6.03 Å². The molecule has 2 amide bonds. The summed E-state index contributed by atoms with van der Waals surface area (Å²) in [7, 11) is 0. The SMILES string of the molecule is Cc1cc(F)ccc1NC(=O)NCC(O)c1ccccc1C. The lowest BCUT2D eigenvalue weighted by atomic mass is 10.0. The van der Waals surface area contributed by atoms with Crippen LogP contribution in [0, 0.1) is 19.7 Å². The van der Waals surface area contributed by atoms with Crippen molar-refractivity contribution >= 4 is 11.7 Å². The lowest BCUT2D eigenvalue weighted by Crippen LogP contribution is -2.32. The predicted molar refractivity (Wildman–Crippen MR) is 84.3 cm³/mol. The number of hydrogen-bond donors (Lipinski definition) is 3. The summed E-state index contributed by atoms with van der Waals surface area (Å²) in [6.07, 6.45) is -0.777. The maximum Gasteiger partial charge on any atom is 0.319 e. The normalized spacial score (nSPS) is 11.8. The summed E-state index contributed by atoms with van der Waals surface area (Å²) < 4.78 is 13.0. The molecule has 22 heavy (non-hydrogen) atoms. The van der Waals surface area contributed by atoms with Crippen LogP contribution in [0.2, 0.25) is 0 Å². The second-order valence-corrected chi connectivity index (χ2v) is 5.17. The zero-order valence-electron chi connectivity index (χ0n) is 12.6. The molecule has 0 fully saturated rings. The molecule has 0 radical (unpaired) electrons. The highest BCUT2D eigenvalue weighted by Gasteiger charge is 2.12. The lowest BCUT2D eigenvalue weighted by molar-refractivity contribution is 0.174. The molecule has 5 heteroatoms. The number of urea groups is 1. The fourth-order valence-corrected chi connectivity index (χ4v) is 2.19. The Balaban J connectivity index is 1.91. The van der Waals surface area contributed by atoms with E-state index in [0.29, 0.717) is 11.3 Å². The van der Waals surface area contributed by atoms with Gasteiger partial charge in [-0.15, -0.1) is 0 Å². The van der Waals surface area contributed by atoms with E-state index in [1.54, 1.807) is 6.92 Å². The van der Waals surface area contributed by atoms with Crippen LogP contribution in [0.5, 0.6) is 0 Å². The van der Waals surface area contributed by atoms with E-state index in [2.05, 4.69) is 10.6 Å². The van der Waals surface area contributed by atoms with Crippen molar-refractivity contribution in [3.63, 3.8) is 0 Å². The van der Waals surface area contributed by atoms with Crippen LogP contribution in [0.3, 0.4) is 0 Å². The van der Waals surface area contributed by atoms with Gasteiger partial charge in [-0.25, -0.2) is 9.18 Å². The van der Waals surface area contributed by atoms with Gasteiger partial charge in [0.25, 0.3) is 0 Å². The molecule has 116 valence electrons. The quantitative estimate of drug-likeness (QED) is 0.811. The van der Waals surface area contributed by atoms with Gasteiger partial charge in [0, 0.05) is 12.2 Å². The number of aliphatic hydroxyl groups is 1. The monoisotopic (exact) mass is 302 g/mol. The Morgan fingerprint density at radius 1 is 1.18 bits per heavy atom. The molecular formula is C17H19FN2O2. The minimum absolute atomic E-state index is 0.0942. The van der Waals surface area contributed by atoms with E-state index in [9.17, 15) is 14.3 Å². The molecule has 1 unspecified atom stereocenters. The van der Waals surface area contributed by atoms with Gasteiger partial charge in [0.05, 0.1) is 6.10 Å². The number of halogens is 1. The van der Waals surface area contributed by atoms with E-state index in [0.717, 1.165) is 11.1 Å². The molecule has 0 aliphatic rings. The van der Waals surface area contributed by atoms with Crippen LogP contribution in [0.15, 0.2) is 42.5 Å². The van der Waals surface area contributed by atoms with Gasteiger partial charge in [0.2, 0.25) is 0 Å².